The first-order valence-electron chi connectivity index (χ1n) is 10.7. The standard InChI is InChI=1S/C26H19ClF3N3O4/c1-13-3-6-17(9-14(13)2)33-21-12-16(26(28,29)30)5-7-18(21)23(24(33)35)32-31-20-8-4-15(11-22(20)34)10-19(27)25(36)37/h3-12,34-35H,1-2H3,(H,36,37). The summed E-state index contributed by atoms with van der Waals surface area (Å²) < 4.78 is 41.6. The lowest BCUT2D eigenvalue weighted by atomic mass is 10.1. The largest absolute Gasteiger partial charge is 0.506 e. The number of aliphatic carboxylic acids is 1. The molecule has 1 aromatic heterocycles. The second-order valence-electron chi connectivity index (χ2n) is 8.25. The van der Waals surface area contributed by atoms with Gasteiger partial charge in [0.15, 0.2) is 5.69 Å². The first-order chi connectivity index (χ1) is 17.4. The first-order valence-corrected chi connectivity index (χ1v) is 11.1. The number of hydrogen-bond acceptors (Lipinski definition) is 5. The molecule has 0 saturated heterocycles. The van der Waals surface area contributed by atoms with Crippen LogP contribution < -0.4 is 0 Å². The molecule has 0 fully saturated rings. The van der Waals surface area contributed by atoms with Crippen molar-refractivity contribution in [3.05, 3.63) is 81.9 Å². The van der Waals surface area contributed by atoms with Gasteiger partial charge in [0.2, 0.25) is 5.88 Å². The van der Waals surface area contributed by atoms with E-state index in [0.29, 0.717) is 5.69 Å². The zero-order chi connectivity index (χ0) is 27.1. The van der Waals surface area contributed by atoms with Crippen LogP contribution in [0.1, 0.15) is 22.3 Å². The number of carbonyl (C=O) groups is 1. The highest BCUT2D eigenvalue weighted by atomic mass is 35.5. The minimum atomic E-state index is -4.60. The zero-order valence-electron chi connectivity index (χ0n) is 19.4. The number of aromatic nitrogens is 1. The number of phenols is 1. The third-order valence-electron chi connectivity index (χ3n) is 5.75. The minimum absolute atomic E-state index is 0.0259. The average Bonchev–Trinajstić information content (AvgIpc) is 3.10. The van der Waals surface area contributed by atoms with Gasteiger partial charge in [0.05, 0.1) is 11.1 Å². The number of aryl methyl sites for hydroxylation is 2. The van der Waals surface area contributed by atoms with Gasteiger partial charge in [-0.2, -0.15) is 13.2 Å². The van der Waals surface area contributed by atoms with Crippen LogP contribution in [0.25, 0.3) is 22.7 Å². The number of hydrogen-bond donors (Lipinski definition) is 3. The van der Waals surface area contributed by atoms with Crippen LogP contribution in [-0.2, 0) is 11.0 Å². The summed E-state index contributed by atoms with van der Waals surface area (Å²) in [5, 5.41) is 38.0. The minimum Gasteiger partial charge on any atom is -0.506 e. The van der Waals surface area contributed by atoms with Crippen molar-refractivity contribution in [1.29, 1.82) is 0 Å². The van der Waals surface area contributed by atoms with Crippen molar-refractivity contribution in [2.75, 3.05) is 0 Å². The van der Waals surface area contributed by atoms with Gasteiger partial charge in [-0.1, -0.05) is 23.7 Å². The lowest BCUT2D eigenvalue weighted by Crippen LogP contribution is -2.05. The molecule has 11 heteroatoms. The van der Waals surface area contributed by atoms with E-state index in [4.69, 9.17) is 16.7 Å². The normalized spacial score (nSPS) is 12.5. The number of nitrogens with zero attached hydrogens (tertiary/aromatic N) is 3. The molecule has 0 spiro atoms. The number of carboxylic acids is 1. The summed E-state index contributed by atoms with van der Waals surface area (Å²) in [4.78, 5) is 10.9. The molecule has 1 heterocycles. The third-order valence-corrected chi connectivity index (χ3v) is 6.02. The number of halogens is 4. The number of phenolic OH excluding ortho intramolecular Hbond substituents is 1. The van der Waals surface area contributed by atoms with Crippen LogP contribution in [0.5, 0.6) is 11.6 Å². The van der Waals surface area contributed by atoms with Gasteiger partial charge in [0.1, 0.15) is 16.5 Å². The van der Waals surface area contributed by atoms with E-state index in [1.807, 2.05) is 13.8 Å². The average molecular weight is 530 g/mol. The molecule has 3 N–H and O–H groups in total. The summed E-state index contributed by atoms with van der Waals surface area (Å²) in [6, 6.07) is 12.2. The predicted molar refractivity (Wildman–Crippen MR) is 133 cm³/mol. The lowest BCUT2D eigenvalue weighted by Gasteiger charge is -2.11. The monoisotopic (exact) mass is 529 g/mol. The lowest BCUT2D eigenvalue weighted by molar-refractivity contribution is -0.137. The molecule has 3 aromatic carbocycles. The Morgan fingerprint density at radius 1 is 0.973 bits per heavy atom. The van der Waals surface area contributed by atoms with Crippen molar-refractivity contribution in [2.45, 2.75) is 20.0 Å². The second kappa shape index (κ2) is 9.62. The van der Waals surface area contributed by atoms with Crippen LogP contribution in [-0.4, -0.2) is 25.9 Å². The quantitative estimate of drug-likeness (QED) is 0.181. The molecular formula is C26H19ClF3N3O4. The summed E-state index contributed by atoms with van der Waals surface area (Å²) in [6.45, 7) is 3.73. The molecule has 0 aliphatic heterocycles. The van der Waals surface area contributed by atoms with Crippen molar-refractivity contribution in [3.63, 3.8) is 0 Å². The molecule has 0 atom stereocenters. The Morgan fingerprint density at radius 2 is 1.70 bits per heavy atom. The van der Waals surface area contributed by atoms with Crippen molar-refractivity contribution in [1.82, 2.24) is 4.57 Å². The number of carboxylic acid groups (broad SMARTS) is 1. The zero-order valence-corrected chi connectivity index (χ0v) is 20.1. The molecule has 0 saturated carbocycles. The Hall–Kier alpha value is -4.31. The van der Waals surface area contributed by atoms with Crippen LogP contribution in [0.4, 0.5) is 24.5 Å². The first kappa shape index (κ1) is 25.8. The third kappa shape index (κ3) is 5.14. The van der Waals surface area contributed by atoms with Gasteiger partial charge >= 0.3 is 12.1 Å². The molecule has 0 aliphatic rings. The highest BCUT2D eigenvalue weighted by Gasteiger charge is 2.32. The van der Waals surface area contributed by atoms with Gasteiger partial charge in [-0.25, -0.2) is 4.79 Å². The summed E-state index contributed by atoms with van der Waals surface area (Å²) in [5.41, 5.74) is 1.61. The molecule has 0 amide bonds. The van der Waals surface area contributed by atoms with Crippen LogP contribution >= 0.6 is 11.6 Å². The Labute approximate surface area is 213 Å². The topological polar surface area (TPSA) is 107 Å². The molecule has 4 aromatic rings. The Bertz CT molecular complexity index is 1610. The van der Waals surface area contributed by atoms with Crippen LogP contribution in [0.3, 0.4) is 0 Å². The van der Waals surface area contributed by atoms with E-state index in [9.17, 15) is 28.2 Å². The molecule has 0 bridgehead atoms. The summed E-state index contributed by atoms with van der Waals surface area (Å²) in [5.74, 6) is -2.13. The molecule has 0 unspecified atom stereocenters. The van der Waals surface area contributed by atoms with Gasteiger partial charge in [-0.15, -0.1) is 10.2 Å². The van der Waals surface area contributed by atoms with Gasteiger partial charge in [-0.05, 0) is 79.1 Å². The fraction of sp³-hybridized carbons (Fsp3) is 0.115. The van der Waals surface area contributed by atoms with Crippen molar-refractivity contribution in [2.24, 2.45) is 10.2 Å². The van der Waals surface area contributed by atoms with Gasteiger partial charge in [-0.3, -0.25) is 4.57 Å². The maximum absolute atomic E-state index is 13.5. The van der Waals surface area contributed by atoms with E-state index in [2.05, 4.69) is 10.2 Å². The maximum atomic E-state index is 13.5. The highest BCUT2D eigenvalue weighted by molar-refractivity contribution is 6.43. The van der Waals surface area contributed by atoms with Gasteiger partial charge in [0, 0.05) is 11.1 Å². The molecule has 190 valence electrons. The fourth-order valence-corrected chi connectivity index (χ4v) is 3.81. The van der Waals surface area contributed by atoms with Crippen LogP contribution in [0.2, 0.25) is 0 Å². The molecule has 4 rings (SSSR count). The number of rotatable bonds is 5. The van der Waals surface area contributed by atoms with E-state index < -0.39 is 28.6 Å². The van der Waals surface area contributed by atoms with Crippen molar-refractivity contribution in [3.8, 4) is 17.3 Å². The van der Waals surface area contributed by atoms with Gasteiger partial charge in [0.25, 0.3) is 0 Å². The molecule has 7 nitrogen and oxygen atoms in total. The SMILES string of the molecule is Cc1ccc(-n2c(O)c(N=Nc3ccc(C=C(Cl)C(=O)O)cc3O)c3ccc(C(F)(F)F)cc32)cc1C. The number of alkyl halides is 3. The molecule has 0 aliphatic carbocycles. The molecule has 0 radical (unpaired) electrons. The van der Waals surface area contributed by atoms with Crippen LogP contribution in [0, 0.1) is 13.8 Å². The fourth-order valence-electron chi connectivity index (χ4n) is 3.69. The maximum Gasteiger partial charge on any atom is 0.416 e. The Balaban J connectivity index is 1.85. The smallest absolute Gasteiger partial charge is 0.416 e. The van der Waals surface area contributed by atoms with E-state index in [1.165, 1.54) is 28.8 Å². The summed E-state index contributed by atoms with van der Waals surface area (Å²) in [7, 11) is 0. The van der Waals surface area contributed by atoms with Crippen LogP contribution in [0.15, 0.2) is 69.9 Å². The van der Waals surface area contributed by atoms with Gasteiger partial charge < -0.3 is 15.3 Å². The highest BCUT2D eigenvalue weighted by Crippen LogP contribution is 2.44. The number of benzene rings is 3. The van der Waals surface area contributed by atoms with E-state index >= 15 is 0 Å². The van der Waals surface area contributed by atoms with Crippen molar-refractivity contribution >= 4 is 45.9 Å². The van der Waals surface area contributed by atoms with Crippen molar-refractivity contribution < 1.29 is 33.3 Å². The number of fused-ring (bicyclic) bond motifs is 1. The number of aromatic hydroxyl groups is 2. The summed E-state index contributed by atoms with van der Waals surface area (Å²) >= 11 is 5.60. The van der Waals surface area contributed by atoms with E-state index in [0.717, 1.165) is 29.3 Å². The molecular weight excluding hydrogens is 511 g/mol. The summed E-state index contributed by atoms with van der Waals surface area (Å²) in [6.07, 6.45) is -3.47. The van der Waals surface area contributed by atoms with E-state index in [-0.39, 0.29) is 33.6 Å². The number of azo groups is 1. The Kier molecular flexibility index (Phi) is 6.70. The van der Waals surface area contributed by atoms with E-state index in [1.54, 1.807) is 18.2 Å². The second-order valence-corrected chi connectivity index (χ2v) is 8.66. The Morgan fingerprint density at radius 3 is 2.32 bits per heavy atom. The predicted octanol–water partition coefficient (Wildman–Crippen LogP) is 7.76. The molecule has 37 heavy (non-hydrogen) atoms.